The van der Waals surface area contributed by atoms with Crippen LogP contribution < -0.4 is 16.0 Å². The van der Waals surface area contributed by atoms with E-state index in [0.717, 1.165) is 18.3 Å². The lowest BCUT2D eigenvalue weighted by atomic mass is 10.0. The number of anilines is 3. The molecule has 3 N–H and O–H groups in total. The average Bonchev–Trinajstić information content (AvgIpc) is 3.37. The molecule has 174 valence electrons. The first-order valence-electron chi connectivity index (χ1n) is 10.0. The maximum absolute atomic E-state index is 15.5. The topological polar surface area (TPSA) is 115 Å². The van der Waals surface area contributed by atoms with Gasteiger partial charge < -0.3 is 5.73 Å². The highest BCUT2D eigenvalue weighted by Gasteiger charge is 2.32. The van der Waals surface area contributed by atoms with Crippen molar-refractivity contribution >= 4 is 34.4 Å². The molecule has 0 spiro atoms. The zero-order chi connectivity index (χ0) is 24.2. The minimum absolute atomic E-state index is 0.134. The summed E-state index contributed by atoms with van der Waals surface area (Å²) in [7, 11) is 1.65. The number of alkyl halides is 3. The Morgan fingerprint density at radius 1 is 1.18 bits per heavy atom. The summed E-state index contributed by atoms with van der Waals surface area (Å²) >= 11 is 0. The van der Waals surface area contributed by atoms with Gasteiger partial charge in [-0.05, 0) is 30.7 Å². The highest BCUT2D eigenvalue weighted by Crippen LogP contribution is 2.38. The molecule has 2 amide bonds. The van der Waals surface area contributed by atoms with E-state index in [2.05, 4.69) is 25.4 Å². The molecule has 34 heavy (non-hydrogen) atoms. The number of nitrogen functional groups attached to an aromatic ring is 1. The van der Waals surface area contributed by atoms with Crippen molar-refractivity contribution in [1.82, 2.24) is 24.7 Å². The van der Waals surface area contributed by atoms with Crippen LogP contribution in [0.3, 0.4) is 0 Å². The summed E-state index contributed by atoms with van der Waals surface area (Å²) in [5.41, 5.74) is 6.50. The molecule has 0 saturated carbocycles. The molecule has 0 fully saturated rings. The van der Waals surface area contributed by atoms with Crippen molar-refractivity contribution in [3.63, 3.8) is 0 Å². The first kappa shape index (κ1) is 21.6. The fraction of sp³-hybridized carbons (Fsp3) is 0.190. The quantitative estimate of drug-likeness (QED) is 0.430. The van der Waals surface area contributed by atoms with E-state index < -0.39 is 23.6 Å². The first-order chi connectivity index (χ1) is 16.1. The molecule has 1 aromatic carbocycles. The maximum Gasteiger partial charge on any atom is 0.416 e. The second kappa shape index (κ2) is 7.64. The van der Waals surface area contributed by atoms with E-state index in [9.17, 15) is 18.0 Å². The summed E-state index contributed by atoms with van der Waals surface area (Å²) in [6.45, 7) is 0.134. The van der Waals surface area contributed by atoms with Crippen LogP contribution in [0.15, 0.2) is 36.8 Å². The van der Waals surface area contributed by atoms with Crippen molar-refractivity contribution in [3.8, 4) is 11.3 Å². The van der Waals surface area contributed by atoms with Crippen molar-refractivity contribution in [1.29, 1.82) is 0 Å². The fourth-order valence-corrected chi connectivity index (χ4v) is 3.99. The number of halogens is 4. The third-order valence-corrected chi connectivity index (χ3v) is 5.57. The van der Waals surface area contributed by atoms with E-state index in [-0.39, 0.29) is 41.4 Å². The van der Waals surface area contributed by atoms with Gasteiger partial charge in [0.2, 0.25) is 0 Å². The van der Waals surface area contributed by atoms with Gasteiger partial charge in [0.1, 0.15) is 29.5 Å². The normalized spacial score (nSPS) is 13.4. The number of carbonyl (C=O) groups is 1. The predicted octanol–water partition coefficient (Wildman–Crippen LogP) is 3.76. The van der Waals surface area contributed by atoms with Crippen LogP contribution in [-0.4, -0.2) is 37.3 Å². The molecule has 5 rings (SSSR count). The van der Waals surface area contributed by atoms with Gasteiger partial charge in [0, 0.05) is 30.9 Å². The molecule has 4 heterocycles. The number of nitrogens with one attached hydrogen (secondary N) is 1. The zero-order valence-corrected chi connectivity index (χ0v) is 17.6. The van der Waals surface area contributed by atoms with Crippen LogP contribution in [-0.2, 0) is 19.6 Å². The largest absolute Gasteiger partial charge is 0.416 e. The Morgan fingerprint density at radius 2 is 1.97 bits per heavy atom. The van der Waals surface area contributed by atoms with E-state index in [4.69, 9.17) is 5.73 Å². The van der Waals surface area contributed by atoms with Crippen LogP contribution in [0, 0.1) is 5.82 Å². The number of benzene rings is 1. The molecule has 0 unspecified atom stereocenters. The van der Waals surface area contributed by atoms with Gasteiger partial charge in [-0.15, -0.1) is 0 Å². The summed E-state index contributed by atoms with van der Waals surface area (Å²) in [5.74, 6) is -0.684. The molecule has 0 radical (unpaired) electrons. The Morgan fingerprint density at radius 3 is 2.74 bits per heavy atom. The van der Waals surface area contributed by atoms with Crippen LogP contribution in [0.25, 0.3) is 22.3 Å². The summed E-state index contributed by atoms with van der Waals surface area (Å²) in [4.78, 5) is 25.9. The second-order valence-electron chi connectivity index (χ2n) is 7.61. The molecule has 0 bridgehead atoms. The van der Waals surface area contributed by atoms with E-state index in [1.165, 1.54) is 22.0 Å². The van der Waals surface area contributed by atoms with Gasteiger partial charge >= 0.3 is 12.2 Å². The Hall–Kier alpha value is -4.29. The molecule has 4 aromatic rings. The van der Waals surface area contributed by atoms with Gasteiger partial charge in [-0.1, -0.05) is 0 Å². The van der Waals surface area contributed by atoms with E-state index in [0.29, 0.717) is 16.7 Å². The Bertz CT molecular complexity index is 1450. The average molecular weight is 472 g/mol. The number of aromatic nitrogens is 5. The minimum atomic E-state index is -4.58. The first-order valence-corrected chi connectivity index (χ1v) is 10.0. The van der Waals surface area contributed by atoms with Crippen molar-refractivity contribution < 1.29 is 22.4 Å². The number of amides is 2. The highest BCUT2D eigenvalue weighted by atomic mass is 19.4. The lowest BCUT2D eigenvalue weighted by Gasteiger charge is -2.18. The maximum atomic E-state index is 15.5. The third-order valence-electron chi connectivity index (χ3n) is 5.57. The molecule has 9 nitrogen and oxygen atoms in total. The van der Waals surface area contributed by atoms with Crippen molar-refractivity contribution in [2.45, 2.75) is 12.6 Å². The summed E-state index contributed by atoms with van der Waals surface area (Å²) in [6, 6.07) is 3.84. The summed E-state index contributed by atoms with van der Waals surface area (Å²) < 4.78 is 55.8. The minimum Gasteiger partial charge on any atom is -0.383 e. The molecule has 13 heteroatoms. The zero-order valence-electron chi connectivity index (χ0n) is 17.6. The number of urea groups is 1. The van der Waals surface area contributed by atoms with Crippen molar-refractivity contribution in [3.05, 3.63) is 53.7 Å². The molecule has 0 aliphatic carbocycles. The van der Waals surface area contributed by atoms with Crippen LogP contribution >= 0.6 is 0 Å². The summed E-state index contributed by atoms with van der Waals surface area (Å²) in [6.07, 6.45) is -2.13. The number of hydrogen-bond donors (Lipinski definition) is 2. The number of fused-ring (bicyclic) bond motifs is 2. The molecule has 0 atom stereocenters. The van der Waals surface area contributed by atoms with E-state index >= 15 is 4.39 Å². The number of hydrogen-bond acceptors (Lipinski definition) is 6. The molecule has 1 aliphatic rings. The van der Waals surface area contributed by atoms with Crippen LogP contribution in [0.1, 0.15) is 11.1 Å². The van der Waals surface area contributed by atoms with E-state index in [1.54, 1.807) is 13.1 Å². The van der Waals surface area contributed by atoms with Gasteiger partial charge in [-0.3, -0.25) is 10.2 Å². The SMILES string of the molecule is Cn1nc(-c2ccc3c(c2F)CCN3C(=O)Nc2cc(C(F)(F)F)ccn2)c2c(N)ncnc21. The molecular formula is C21H16F4N8O. The molecular weight excluding hydrogens is 456 g/mol. The summed E-state index contributed by atoms with van der Waals surface area (Å²) in [5, 5.41) is 7.10. The van der Waals surface area contributed by atoms with Crippen LogP contribution in [0.5, 0.6) is 0 Å². The molecule has 1 aliphatic heterocycles. The van der Waals surface area contributed by atoms with Gasteiger partial charge in [-0.25, -0.2) is 28.8 Å². The van der Waals surface area contributed by atoms with Gasteiger partial charge in [0.15, 0.2) is 5.65 Å². The van der Waals surface area contributed by atoms with E-state index in [1.807, 2.05) is 0 Å². The third kappa shape index (κ3) is 3.45. The standard InChI is InChI=1S/C21H16F4N8O/c1-32-19-15(18(26)28-9-29-19)17(31-32)12-2-3-13-11(16(12)22)5-7-33(13)20(34)30-14-8-10(4-6-27-14)21(23,24)25/h2-4,6,8-9H,5,7H2,1H3,(H2,26,28,29)(H,27,30,34). The van der Waals surface area contributed by atoms with Crippen LogP contribution in [0.2, 0.25) is 0 Å². The van der Waals surface area contributed by atoms with Crippen molar-refractivity contribution in [2.75, 3.05) is 22.5 Å². The number of carbonyl (C=O) groups excluding carboxylic acids is 1. The predicted molar refractivity (Wildman–Crippen MR) is 115 cm³/mol. The fourth-order valence-electron chi connectivity index (χ4n) is 3.99. The highest BCUT2D eigenvalue weighted by molar-refractivity contribution is 6.03. The lowest BCUT2D eigenvalue weighted by Crippen LogP contribution is -2.33. The smallest absolute Gasteiger partial charge is 0.383 e. The van der Waals surface area contributed by atoms with Crippen LogP contribution in [0.4, 0.5) is 39.7 Å². The Balaban J connectivity index is 1.47. The Labute approximate surface area is 189 Å². The molecule has 3 aromatic heterocycles. The lowest BCUT2D eigenvalue weighted by molar-refractivity contribution is -0.137. The monoisotopic (exact) mass is 472 g/mol. The Kier molecular flexibility index (Phi) is 4.84. The van der Waals surface area contributed by atoms with Crippen molar-refractivity contribution in [2.24, 2.45) is 7.05 Å². The number of nitrogens with two attached hydrogens (primary N) is 1. The molecule has 0 saturated heterocycles. The van der Waals surface area contributed by atoms with Gasteiger partial charge in [0.05, 0.1) is 16.6 Å². The number of rotatable bonds is 2. The van der Waals surface area contributed by atoms with Gasteiger partial charge in [-0.2, -0.15) is 18.3 Å². The number of pyridine rings is 1. The van der Waals surface area contributed by atoms with Gasteiger partial charge in [0.25, 0.3) is 0 Å². The second-order valence-corrected chi connectivity index (χ2v) is 7.61. The number of aryl methyl sites for hydroxylation is 1. The number of nitrogens with zero attached hydrogens (tertiary/aromatic N) is 6.